The maximum atomic E-state index is 11.3. The molecule has 1 aliphatic rings. The number of primary amides is 1. The molecule has 0 spiro atoms. The van der Waals surface area contributed by atoms with E-state index < -0.39 is 5.91 Å². The molecule has 0 atom stereocenters. The van der Waals surface area contributed by atoms with Gasteiger partial charge < -0.3 is 26.3 Å². The summed E-state index contributed by atoms with van der Waals surface area (Å²) >= 11 is 0. The largest absolute Gasteiger partial charge is 0.454 e. The topological polar surface area (TPSA) is 99.6 Å². The van der Waals surface area contributed by atoms with E-state index in [2.05, 4.69) is 5.32 Å². The predicted octanol–water partition coefficient (Wildman–Crippen LogP) is 1.84. The molecule has 0 saturated carbocycles. The van der Waals surface area contributed by atoms with Gasteiger partial charge in [0.1, 0.15) is 0 Å². The average molecular weight is 271 g/mol. The maximum absolute atomic E-state index is 11.3. The lowest BCUT2D eigenvalue weighted by Crippen LogP contribution is -2.13. The Bertz CT molecular complexity index is 685. The van der Waals surface area contributed by atoms with Crippen molar-refractivity contribution in [1.82, 2.24) is 0 Å². The van der Waals surface area contributed by atoms with Crippen LogP contribution in [0.1, 0.15) is 10.4 Å². The first-order valence-corrected chi connectivity index (χ1v) is 5.99. The van der Waals surface area contributed by atoms with Crippen LogP contribution in [0.5, 0.6) is 11.5 Å². The van der Waals surface area contributed by atoms with Crippen LogP contribution in [0.3, 0.4) is 0 Å². The molecule has 0 bridgehead atoms. The lowest BCUT2D eigenvalue weighted by molar-refractivity contribution is 0.100. The molecule has 0 aliphatic carbocycles. The Morgan fingerprint density at radius 2 is 1.75 bits per heavy atom. The number of ether oxygens (including phenoxy) is 2. The lowest BCUT2D eigenvalue weighted by atomic mass is 10.1. The second-order valence-electron chi connectivity index (χ2n) is 4.36. The summed E-state index contributed by atoms with van der Waals surface area (Å²) in [6, 6.07) is 10.5. The van der Waals surface area contributed by atoms with Crippen LogP contribution in [0.4, 0.5) is 17.1 Å². The van der Waals surface area contributed by atoms with Gasteiger partial charge in [0.05, 0.1) is 5.56 Å². The molecule has 0 unspecified atom stereocenters. The molecule has 0 saturated heterocycles. The van der Waals surface area contributed by atoms with Crippen molar-refractivity contribution in [2.45, 2.75) is 0 Å². The molecule has 0 radical (unpaired) electrons. The zero-order valence-corrected chi connectivity index (χ0v) is 10.6. The van der Waals surface area contributed by atoms with Crippen molar-refractivity contribution in [3.63, 3.8) is 0 Å². The second-order valence-corrected chi connectivity index (χ2v) is 4.36. The molecular formula is C14H13N3O3. The molecule has 2 aromatic rings. The zero-order chi connectivity index (χ0) is 14.1. The summed E-state index contributed by atoms with van der Waals surface area (Å²) in [6.07, 6.45) is 0. The quantitative estimate of drug-likeness (QED) is 0.740. The smallest absolute Gasteiger partial charge is 0.250 e. The van der Waals surface area contributed by atoms with Crippen molar-refractivity contribution < 1.29 is 14.3 Å². The number of hydrogen-bond acceptors (Lipinski definition) is 5. The summed E-state index contributed by atoms with van der Waals surface area (Å²) in [4.78, 5) is 11.3. The van der Waals surface area contributed by atoms with Crippen molar-refractivity contribution in [3.8, 4) is 11.5 Å². The monoisotopic (exact) mass is 271 g/mol. The minimum atomic E-state index is -0.558. The fourth-order valence-electron chi connectivity index (χ4n) is 1.99. The van der Waals surface area contributed by atoms with E-state index in [0.717, 1.165) is 5.69 Å². The summed E-state index contributed by atoms with van der Waals surface area (Å²) < 4.78 is 10.5. The first-order valence-electron chi connectivity index (χ1n) is 5.99. The highest BCUT2D eigenvalue weighted by Crippen LogP contribution is 2.35. The van der Waals surface area contributed by atoms with Crippen LogP contribution < -0.4 is 26.3 Å². The number of benzene rings is 2. The molecular weight excluding hydrogens is 258 g/mol. The van der Waals surface area contributed by atoms with E-state index in [4.69, 9.17) is 20.9 Å². The van der Waals surface area contributed by atoms with Crippen molar-refractivity contribution in [1.29, 1.82) is 0 Å². The minimum Gasteiger partial charge on any atom is -0.454 e. The van der Waals surface area contributed by atoms with E-state index in [1.807, 2.05) is 18.2 Å². The number of carbonyl (C=O) groups is 1. The van der Waals surface area contributed by atoms with Crippen LogP contribution in [0, 0.1) is 0 Å². The third kappa shape index (κ3) is 2.18. The SMILES string of the molecule is NC(=O)c1cc(Nc2ccc3c(c2)OCO3)ccc1N. The molecule has 6 nitrogen and oxygen atoms in total. The van der Waals surface area contributed by atoms with Gasteiger partial charge in [-0.3, -0.25) is 4.79 Å². The molecule has 1 heterocycles. The van der Waals surface area contributed by atoms with Crippen LogP contribution in [0.2, 0.25) is 0 Å². The summed E-state index contributed by atoms with van der Waals surface area (Å²) in [5.74, 6) is 0.836. The second kappa shape index (κ2) is 4.65. The Morgan fingerprint density at radius 3 is 2.55 bits per heavy atom. The average Bonchev–Trinajstić information content (AvgIpc) is 2.88. The highest BCUT2D eigenvalue weighted by atomic mass is 16.7. The molecule has 2 aromatic carbocycles. The van der Waals surface area contributed by atoms with Crippen LogP contribution in [-0.2, 0) is 0 Å². The lowest BCUT2D eigenvalue weighted by Gasteiger charge is -2.09. The number of nitrogens with one attached hydrogen (secondary N) is 1. The Hall–Kier alpha value is -2.89. The van der Waals surface area contributed by atoms with Gasteiger partial charge in [-0.15, -0.1) is 0 Å². The third-order valence-corrected chi connectivity index (χ3v) is 2.98. The predicted molar refractivity (Wildman–Crippen MR) is 75.2 cm³/mol. The number of hydrogen-bond donors (Lipinski definition) is 3. The Labute approximate surface area is 115 Å². The van der Waals surface area contributed by atoms with E-state index >= 15 is 0 Å². The van der Waals surface area contributed by atoms with Gasteiger partial charge in [-0.2, -0.15) is 0 Å². The summed E-state index contributed by atoms with van der Waals surface area (Å²) in [5, 5.41) is 3.16. The first kappa shape index (κ1) is 12.2. The molecule has 20 heavy (non-hydrogen) atoms. The van der Waals surface area contributed by atoms with Crippen LogP contribution in [-0.4, -0.2) is 12.7 Å². The highest BCUT2D eigenvalue weighted by Gasteiger charge is 2.13. The maximum Gasteiger partial charge on any atom is 0.250 e. The summed E-state index contributed by atoms with van der Waals surface area (Å²) in [7, 11) is 0. The number of carbonyl (C=O) groups excluding carboxylic acids is 1. The van der Waals surface area contributed by atoms with E-state index in [-0.39, 0.29) is 12.4 Å². The molecule has 1 amide bonds. The van der Waals surface area contributed by atoms with Gasteiger partial charge in [0.25, 0.3) is 5.91 Å². The summed E-state index contributed by atoms with van der Waals surface area (Å²) in [6.45, 7) is 0.229. The number of nitrogens with two attached hydrogens (primary N) is 2. The van der Waals surface area contributed by atoms with E-state index in [9.17, 15) is 4.79 Å². The first-order chi connectivity index (χ1) is 9.63. The van der Waals surface area contributed by atoms with E-state index in [0.29, 0.717) is 22.9 Å². The highest BCUT2D eigenvalue weighted by molar-refractivity contribution is 5.99. The molecule has 102 valence electrons. The van der Waals surface area contributed by atoms with Crippen molar-refractivity contribution >= 4 is 23.0 Å². The fourth-order valence-corrected chi connectivity index (χ4v) is 1.99. The van der Waals surface area contributed by atoms with Crippen LogP contribution in [0.15, 0.2) is 36.4 Å². The van der Waals surface area contributed by atoms with Gasteiger partial charge in [-0.25, -0.2) is 0 Å². The summed E-state index contributed by atoms with van der Waals surface area (Å²) in [5.41, 5.74) is 13.1. The van der Waals surface area contributed by atoms with Gasteiger partial charge in [0, 0.05) is 23.1 Å². The molecule has 0 aromatic heterocycles. The molecule has 6 heteroatoms. The molecule has 0 fully saturated rings. The van der Waals surface area contributed by atoms with Crippen LogP contribution >= 0.6 is 0 Å². The molecule has 5 N–H and O–H groups in total. The van der Waals surface area contributed by atoms with Crippen LogP contribution in [0.25, 0.3) is 0 Å². The van der Waals surface area contributed by atoms with Crippen molar-refractivity contribution in [3.05, 3.63) is 42.0 Å². The fraction of sp³-hybridized carbons (Fsp3) is 0.0714. The van der Waals surface area contributed by atoms with Gasteiger partial charge in [-0.05, 0) is 30.3 Å². The number of fused-ring (bicyclic) bond motifs is 1. The number of rotatable bonds is 3. The molecule has 3 rings (SSSR count). The minimum absolute atomic E-state index is 0.229. The normalized spacial score (nSPS) is 12.2. The van der Waals surface area contributed by atoms with Gasteiger partial charge >= 0.3 is 0 Å². The van der Waals surface area contributed by atoms with E-state index in [1.165, 1.54) is 0 Å². The number of amides is 1. The number of anilines is 3. The Morgan fingerprint density at radius 1 is 1.05 bits per heavy atom. The third-order valence-electron chi connectivity index (χ3n) is 2.98. The van der Waals surface area contributed by atoms with Crippen molar-refractivity contribution in [2.75, 3.05) is 17.8 Å². The van der Waals surface area contributed by atoms with E-state index in [1.54, 1.807) is 18.2 Å². The standard InChI is InChI=1S/C14H13N3O3/c15-11-3-1-8(5-10(11)14(16)18)17-9-2-4-12-13(6-9)20-7-19-12/h1-6,17H,7,15H2,(H2,16,18). The van der Waals surface area contributed by atoms with Crippen molar-refractivity contribution in [2.24, 2.45) is 5.73 Å². The Kier molecular flexibility index (Phi) is 2.83. The molecule has 1 aliphatic heterocycles. The number of nitrogen functional groups attached to an aromatic ring is 1. The Balaban J connectivity index is 1.88. The van der Waals surface area contributed by atoms with Gasteiger partial charge in [0.15, 0.2) is 11.5 Å². The van der Waals surface area contributed by atoms with Gasteiger partial charge in [0.2, 0.25) is 6.79 Å². The zero-order valence-electron chi connectivity index (χ0n) is 10.6. The van der Waals surface area contributed by atoms with Gasteiger partial charge in [-0.1, -0.05) is 0 Å².